The van der Waals surface area contributed by atoms with Crippen LogP contribution < -0.4 is 10.6 Å². The highest BCUT2D eigenvalue weighted by molar-refractivity contribution is 6.32. The van der Waals surface area contributed by atoms with Crippen molar-refractivity contribution >= 4 is 29.1 Å². The Morgan fingerprint density at radius 1 is 1.50 bits per heavy atom. The van der Waals surface area contributed by atoms with Crippen molar-refractivity contribution in [2.75, 3.05) is 13.1 Å². The number of hydrogen-bond donors (Lipinski definition) is 2. The number of hydrogen-bond acceptors (Lipinski definition) is 3. The average molecular weight is 265 g/mol. The predicted molar refractivity (Wildman–Crippen MR) is 63.6 cm³/mol. The molecule has 0 radical (unpaired) electrons. The number of aromatic nitrogens is 2. The molecule has 0 fully saturated rings. The van der Waals surface area contributed by atoms with E-state index in [9.17, 15) is 4.79 Å². The maximum absolute atomic E-state index is 11.2. The molecule has 0 aromatic carbocycles. The largest absolute Gasteiger partial charge is 0.355 e. The van der Waals surface area contributed by atoms with E-state index in [1.165, 1.54) is 0 Å². The number of nitrogens with one attached hydrogen (secondary N) is 2. The first-order valence-electron chi connectivity index (χ1n) is 4.90. The summed E-state index contributed by atoms with van der Waals surface area (Å²) in [4.78, 5) is 15.1. The van der Waals surface area contributed by atoms with Crippen molar-refractivity contribution in [3.63, 3.8) is 0 Å². The maximum atomic E-state index is 11.2. The number of imidazole rings is 1. The Morgan fingerprint density at radius 2 is 2.19 bits per heavy atom. The van der Waals surface area contributed by atoms with E-state index in [-0.39, 0.29) is 12.5 Å². The molecular formula is C9H14Cl2N4O. The smallest absolute Gasteiger partial charge is 0.233 e. The zero-order valence-electron chi connectivity index (χ0n) is 9.18. The fraction of sp³-hybridized carbons (Fsp3) is 0.556. The molecule has 0 saturated heterocycles. The van der Waals surface area contributed by atoms with Gasteiger partial charge in [-0.25, -0.2) is 4.98 Å². The van der Waals surface area contributed by atoms with Crippen LogP contribution in [0.5, 0.6) is 0 Å². The van der Waals surface area contributed by atoms with Crippen LogP contribution in [0.3, 0.4) is 0 Å². The van der Waals surface area contributed by atoms with Gasteiger partial charge in [0.15, 0.2) is 5.15 Å². The third-order valence-electron chi connectivity index (χ3n) is 2.06. The van der Waals surface area contributed by atoms with E-state index >= 15 is 0 Å². The van der Waals surface area contributed by atoms with Gasteiger partial charge in [-0.3, -0.25) is 4.79 Å². The number of carbonyl (C=O) groups is 1. The van der Waals surface area contributed by atoms with Crippen LogP contribution in [0, 0.1) is 0 Å². The minimum Gasteiger partial charge on any atom is -0.355 e. The summed E-state index contributed by atoms with van der Waals surface area (Å²) in [5.41, 5.74) is 0.760. The Morgan fingerprint density at radius 3 is 2.69 bits per heavy atom. The van der Waals surface area contributed by atoms with E-state index in [4.69, 9.17) is 23.2 Å². The lowest BCUT2D eigenvalue weighted by molar-refractivity contribution is -0.120. The Labute approximate surface area is 104 Å². The molecule has 7 heteroatoms. The molecule has 0 saturated carbocycles. The molecule has 0 aliphatic heterocycles. The van der Waals surface area contributed by atoms with E-state index in [1.807, 2.05) is 6.92 Å². The number of halogens is 2. The topological polar surface area (TPSA) is 59.0 Å². The van der Waals surface area contributed by atoms with E-state index in [2.05, 4.69) is 15.6 Å². The van der Waals surface area contributed by atoms with Gasteiger partial charge in [0.1, 0.15) is 0 Å². The third kappa shape index (κ3) is 3.37. The summed E-state index contributed by atoms with van der Waals surface area (Å²) in [5, 5.41) is 6.34. The first-order chi connectivity index (χ1) is 7.56. The molecule has 0 atom stereocenters. The van der Waals surface area contributed by atoms with Crippen LogP contribution in [-0.2, 0) is 18.4 Å². The number of rotatable bonds is 5. The normalized spacial score (nSPS) is 10.5. The van der Waals surface area contributed by atoms with Gasteiger partial charge in [0, 0.05) is 20.1 Å². The first kappa shape index (κ1) is 13.3. The van der Waals surface area contributed by atoms with Crippen LogP contribution >= 0.6 is 23.2 Å². The highest BCUT2D eigenvalue weighted by Gasteiger charge is 2.11. The summed E-state index contributed by atoms with van der Waals surface area (Å²) < 4.78 is 1.68. The number of likely N-dealkylation sites (N-methyl/N-ethyl adjacent to an activating group) is 1. The van der Waals surface area contributed by atoms with Crippen LogP contribution in [0.25, 0.3) is 0 Å². The summed E-state index contributed by atoms with van der Waals surface area (Å²) >= 11 is 11.7. The molecule has 0 unspecified atom stereocenters. The van der Waals surface area contributed by atoms with Gasteiger partial charge in [-0.2, -0.15) is 0 Å². The molecule has 90 valence electrons. The summed E-state index contributed by atoms with van der Waals surface area (Å²) in [7, 11) is 1.77. The molecular weight excluding hydrogens is 251 g/mol. The minimum absolute atomic E-state index is 0.0492. The highest BCUT2D eigenvalue weighted by atomic mass is 35.5. The second-order valence-corrected chi connectivity index (χ2v) is 3.93. The van der Waals surface area contributed by atoms with Crippen LogP contribution in [0.4, 0.5) is 0 Å². The standard InChI is InChI=1S/C9H14Cl2N4O/c1-3-13-7(16)5-12-4-6-8(10)14-9(11)15(6)2/h12H,3-5H2,1-2H3,(H,13,16). The van der Waals surface area contributed by atoms with Crippen molar-refractivity contribution in [2.45, 2.75) is 13.5 Å². The summed E-state index contributed by atoms with van der Waals surface area (Å²) in [6, 6.07) is 0. The lowest BCUT2D eigenvalue weighted by atomic mass is 10.4. The lowest BCUT2D eigenvalue weighted by Crippen LogP contribution is -2.33. The van der Waals surface area contributed by atoms with Crippen molar-refractivity contribution in [1.82, 2.24) is 20.2 Å². The van der Waals surface area contributed by atoms with Crippen molar-refractivity contribution < 1.29 is 4.79 Å². The molecule has 1 aromatic rings. The van der Waals surface area contributed by atoms with Crippen LogP contribution in [0.1, 0.15) is 12.6 Å². The first-order valence-corrected chi connectivity index (χ1v) is 5.65. The van der Waals surface area contributed by atoms with E-state index < -0.39 is 0 Å². The molecule has 0 spiro atoms. The Kier molecular flexibility index (Phi) is 5.05. The molecule has 0 aliphatic carbocycles. The zero-order valence-corrected chi connectivity index (χ0v) is 10.7. The Hall–Kier alpha value is -0.780. The summed E-state index contributed by atoms with van der Waals surface area (Å²) in [5.74, 6) is -0.0492. The Balaban J connectivity index is 2.46. The number of nitrogens with zero attached hydrogens (tertiary/aromatic N) is 2. The second-order valence-electron chi connectivity index (χ2n) is 3.23. The third-order valence-corrected chi connectivity index (χ3v) is 2.70. The quantitative estimate of drug-likeness (QED) is 0.833. The molecule has 5 nitrogen and oxygen atoms in total. The molecule has 2 N–H and O–H groups in total. The van der Waals surface area contributed by atoms with Gasteiger partial charge in [0.2, 0.25) is 11.2 Å². The van der Waals surface area contributed by atoms with Crippen LogP contribution in [-0.4, -0.2) is 28.5 Å². The van der Waals surface area contributed by atoms with Crippen molar-refractivity contribution in [2.24, 2.45) is 7.05 Å². The zero-order chi connectivity index (χ0) is 12.1. The minimum atomic E-state index is -0.0492. The SMILES string of the molecule is CCNC(=O)CNCc1c(Cl)nc(Cl)n1C. The molecule has 1 aromatic heterocycles. The van der Waals surface area contributed by atoms with Crippen molar-refractivity contribution in [1.29, 1.82) is 0 Å². The summed E-state index contributed by atoms with van der Waals surface area (Å²) in [6.45, 7) is 3.19. The fourth-order valence-corrected chi connectivity index (χ4v) is 1.72. The average Bonchev–Trinajstić information content (AvgIpc) is 2.45. The van der Waals surface area contributed by atoms with E-state index in [1.54, 1.807) is 11.6 Å². The fourth-order valence-electron chi connectivity index (χ4n) is 1.22. The molecule has 1 amide bonds. The molecule has 0 bridgehead atoms. The molecule has 16 heavy (non-hydrogen) atoms. The van der Waals surface area contributed by atoms with Crippen molar-refractivity contribution in [3.05, 3.63) is 16.1 Å². The number of carbonyl (C=O) groups excluding carboxylic acids is 1. The molecule has 1 heterocycles. The van der Waals surface area contributed by atoms with Crippen molar-refractivity contribution in [3.8, 4) is 0 Å². The van der Waals surface area contributed by atoms with E-state index in [0.29, 0.717) is 23.5 Å². The van der Waals surface area contributed by atoms with Crippen LogP contribution in [0.15, 0.2) is 0 Å². The Bertz CT molecular complexity index is 378. The van der Waals surface area contributed by atoms with Gasteiger partial charge in [-0.05, 0) is 18.5 Å². The monoisotopic (exact) mass is 264 g/mol. The van der Waals surface area contributed by atoms with Gasteiger partial charge >= 0.3 is 0 Å². The van der Waals surface area contributed by atoms with Gasteiger partial charge in [0.05, 0.1) is 12.2 Å². The second kappa shape index (κ2) is 6.08. The van der Waals surface area contributed by atoms with Gasteiger partial charge in [-0.15, -0.1) is 0 Å². The van der Waals surface area contributed by atoms with Gasteiger partial charge < -0.3 is 15.2 Å². The lowest BCUT2D eigenvalue weighted by Gasteiger charge is -2.06. The van der Waals surface area contributed by atoms with Gasteiger partial charge in [-0.1, -0.05) is 11.6 Å². The summed E-state index contributed by atoms with van der Waals surface area (Å²) in [6.07, 6.45) is 0. The van der Waals surface area contributed by atoms with Gasteiger partial charge in [0.25, 0.3) is 0 Å². The molecule has 1 rings (SSSR count). The predicted octanol–water partition coefficient (Wildman–Crippen LogP) is 0.953. The highest BCUT2D eigenvalue weighted by Crippen LogP contribution is 2.18. The maximum Gasteiger partial charge on any atom is 0.233 e. The van der Waals surface area contributed by atoms with Crippen LogP contribution in [0.2, 0.25) is 10.4 Å². The number of amides is 1. The molecule has 0 aliphatic rings. The van der Waals surface area contributed by atoms with E-state index in [0.717, 1.165) is 5.69 Å².